The maximum absolute atomic E-state index is 12.9. The molecule has 27 heavy (non-hydrogen) atoms. The first-order valence-electron chi connectivity index (χ1n) is 9.62. The third-order valence-electron chi connectivity index (χ3n) is 5.43. The Kier molecular flexibility index (Phi) is 5.96. The fourth-order valence-corrected chi connectivity index (χ4v) is 6.57. The van der Waals surface area contributed by atoms with Crippen LogP contribution in [0.4, 0.5) is 0 Å². The molecule has 0 spiro atoms. The molecular weight excluding hydrogens is 378 g/mol. The van der Waals surface area contributed by atoms with E-state index in [0.29, 0.717) is 11.8 Å². The lowest BCUT2D eigenvalue weighted by Gasteiger charge is -2.29. The molecule has 1 amide bonds. The average molecular weight is 408 g/mol. The summed E-state index contributed by atoms with van der Waals surface area (Å²) in [5.74, 6) is 1.12. The van der Waals surface area contributed by atoms with Crippen LogP contribution in [0.5, 0.6) is 0 Å². The van der Waals surface area contributed by atoms with Crippen LogP contribution in [0, 0.1) is 17.8 Å². The van der Waals surface area contributed by atoms with Gasteiger partial charge >= 0.3 is 0 Å². The van der Waals surface area contributed by atoms with Crippen molar-refractivity contribution in [2.75, 3.05) is 18.6 Å². The topological polar surface area (TPSA) is 54.5 Å². The summed E-state index contributed by atoms with van der Waals surface area (Å²) < 4.78 is 25.6. The third-order valence-corrected chi connectivity index (χ3v) is 8.41. The lowest BCUT2D eigenvalue weighted by molar-refractivity contribution is -0.132. The van der Waals surface area contributed by atoms with Crippen molar-refractivity contribution in [2.45, 2.75) is 39.7 Å². The van der Waals surface area contributed by atoms with Gasteiger partial charge in [0.25, 0.3) is 0 Å². The molecule has 0 radical (unpaired) electrons. The molecule has 1 aliphatic rings. The average Bonchev–Trinajstić information content (AvgIpc) is 3.15. The predicted octanol–water partition coefficient (Wildman–Crippen LogP) is 4.52. The Morgan fingerprint density at radius 2 is 1.96 bits per heavy atom. The van der Waals surface area contributed by atoms with Crippen LogP contribution >= 0.6 is 11.3 Å². The van der Waals surface area contributed by atoms with Crippen molar-refractivity contribution in [3.05, 3.63) is 35.2 Å². The largest absolute Gasteiger partial charge is 0.338 e. The molecule has 6 heteroatoms. The van der Waals surface area contributed by atoms with Crippen molar-refractivity contribution in [3.63, 3.8) is 0 Å². The van der Waals surface area contributed by atoms with Gasteiger partial charge in [0, 0.05) is 18.2 Å². The number of hydrogen-bond acceptors (Lipinski definition) is 4. The molecule has 0 saturated heterocycles. The first-order chi connectivity index (χ1) is 12.7. The number of hydrogen-bond donors (Lipinski definition) is 0. The Labute approximate surface area is 166 Å². The molecule has 1 aromatic carbocycles. The molecule has 148 valence electrons. The van der Waals surface area contributed by atoms with Gasteiger partial charge in [0.05, 0.1) is 17.5 Å². The van der Waals surface area contributed by atoms with Gasteiger partial charge in [-0.05, 0) is 46.6 Å². The van der Waals surface area contributed by atoms with Crippen molar-refractivity contribution in [1.82, 2.24) is 4.90 Å². The van der Waals surface area contributed by atoms with E-state index in [-0.39, 0.29) is 35.8 Å². The van der Waals surface area contributed by atoms with Crippen molar-refractivity contribution in [2.24, 2.45) is 17.8 Å². The second-order valence-corrected chi connectivity index (χ2v) is 11.4. The highest BCUT2D eigenvalue weighted by Crippen LogP contribution is 2.51. The number of carbonyl (C=O) groups is 1. The maximum atomic E-state index is 12.9. The predicted molar refractivity (Wildman–Crippen MR) is 113 cm³/mol. The zero-order valence-corrected chi connectivity index (χ0v) is 18.1. The van der Waals surface area contributed by atoms with Crippen LogP contribution < -0.4 is 0 Å². The van der Waals surface area contributed by atoms with E-state index in [4.69, 9.17) is 0 Å². The Morgan fingerprint density at radius 3 is 2.59 bits per heavy atom. The molecular formula is C21H29NO3S2. The van der Waals surface area contributed by atoms with E-state index in [1.54, 1.807) is 16.2 Å². The van der Waals surface area contributed by atoms with Crippen LogP contribution in [0.15, 0.2) is 29.6 Å². The first-order valence-corrected chi connectivity index (χ1v) is 12.3. The Morgan fingerprint density at radius 1 is 1.30 bits per heavy atom. The SMILES string of the molecule is CC(C)CS(=O)(=O)CCC(=O)N(C)[C@H](c1csc2ccccc12)[C@H]1C[C@@H]1C. The van der Waals surface area contributed by atoms with Crippen LogP contribution in [-0.2, 0) is 14.6 Å². The fraction of sp³-hybridized carbons (Fsp3) is 0.571. The Hall–Kier alpha value is -1.40. The van der Waals surface area contributed by atoms with E-state index in [1.807, 2.05) is 33.0 Å². The van der Waals surface area contributed by atoms with Gasteiger partial charge in [0.15, 0.2) is 9.84 Å². The molecule has 1 saturated carbocycles. The summed E-state index contributed by atoms with van der Waals surface area (Å²) in [5.41, 5.74) is 1.20. The van der Waals surface area contributed by atoms with Crippen LogP contribution in [0.25, 0.3) is 10.1 Å². The van der Waals surface area contributed by atoms with Gasteiger partial charge in [-0.15, -0.1) is 11.3 Å². The molecule has 4 nitrogen and oxygen atoms in total. The molecule has 1 aliphatic carbocycles. The van der Waals surface area contributed by atoms with Gasteiger partial charge in [0.2, 0.25) is 5.91 Å². The Balaban J connectivity index is 1.78. The van der Waals surface area contributed by atoms with E-state index in [0.717, 1.165) is 6.42 Å². The van der Waals surface area contributed by atoms with Gasteiger partial charge in [-0.25, -0.2) is 8.42 Å². The number of benzene rings is 1. The fourth-order valence-electron chi connectivity index (χ4n) is 3.91. The monoisotopic (exact) mass is 407 g/mol. The standard InChI is InChI=1S/C21H29NO3S2/c1-14(2)13-27(24,25)10-9-20(23)22(4)21(17-11-15(17)3)18-12-26-19-8-6-5-7-16(18)19/h5-8,12,14-15,17,21H,9-11,13H2,1-4H3/t15-,17-,21-/m0/s1. The maximum Gasteiger partial charge on any atom is 0.223 e. The second-order valence-electron chi connectivity index (χ2n) is 8.27. The summed E-state index contributed by atoms with van der Waals surface area (Å²) >= 11 is 1.71. The second kappa shape index (κ2) is 7.92. The van der Waals surface area contributed by atoms with E-state index >= 15 is 0 Å². The van der Waals surface area contributed by atoms with E-state index in [1.165, 1.54) is 15.6 Å². The number of nitrogens with zero attached hydrogens (tertiary/aromatic N) is 1. The van der Waals surface area contributed by atoms with Crippen molar-refractivity contribution < 1.29 is 13.2 Å². The van der Waals surface area contributed by atoms with Crippen LogP contribution in [0.2, 0.25) is 0 Å². The minimum Gasteiger partial charge on any atom is -0.338 e. The highest BCUT2D eigenvalue weighted by atomic mass is 32.2. The summed E-state index contributed by atoms with van der Waals surface area (Å²) in [7, 11) is -1.35. The third kappa shape index (κ3) is 4.72. The molecule has 0 N–H and O–H groups in total. The lowest BCUT2D eigenvalue weighted by atomic mass is 9.98. The summed E-state index contributed by atoms with van der Waals surface area (Å²) in [5, 5.41) is 3.37. The zero-order valence-electron chi connectivity index (χ0n) is 16.5. The molecule has 1 heterocycles. The molecule has 0 bridgehead atoms. The van der Waals surface area contributed by atoms with Crippen LogP contribution in [0.1, 0.15) is 45.2 Å². The number of carbonyl (C=O) groups excluding carboxylic acids is 1. The molecule has 0 unspecified atom stereocenters. The molecule has 2 aromatic rings. The highest BCUT2D eigenvalue weighted by Gasteiger charge is 2.44. The van der Waals surface area contributed by atoms with Gasteiger partial charge in [0.1, 0.15) is 0 Å². The Bertz CT molecular complexity index is 916. The minimum atomic E-state index is -3.18. The normalized spacial score (nSPS) is 20.8. The number of thiophene rings is 1. The van der Waals surface area contributed by atoms with E-state index in [9.17, 15) is 13.2 Å². The number of rotatable bonds is 8. The molecule has 0 aliphatic heterocycles. The van der Waals surface area contributed by atoms with Crippen molar-refractivity contribution >= 4 is 37.2 Å². The van der Waals surface area contributed by atoms with Gasteiger partial charge < -0.3 is 4.90 Å². The summed E-state index contributed by atoms with van der Waals surface area (Å²) in [6, 6.07) is 8.32. The van der Waals surface area contributed by atoms with Gasteiger partial charge in [-0.2, -0.15) is 0 Å². The smallest absolute Gasteiger partial charge is 0.223 e. The quantitative estimate of drug-likeness (QED) is 0.646. The van der Waals surface area contributed by atoms with Gasteiger partial charge in [-0.3, -0.25) is 4.79 Å². The first kappa shape index (κ1) is 20.3. The minimum absolute atomic E-state index is 0.0245. The van der Waals surface area contributed by atoms with Gasteiger partial charge in [-0.1, -0.05) is 39.0 Å². The zero-order chi connectivity index (χ0) is 19.8. The van der Waals surface area contributed by atoms with Crippen molar-refractivity contribution in [1.29, 1.82) is 0 Å². The van der Waals surface area contributed by atoms with Crippen LogP contribution in [-0.4, -0.2) is 37.8 Å². The van der Waals surface area contributed by atoms with Crippen molar-refractivity contribution in [3.8, 4) is 0 Å². The molecule has 1 aromatic heterocycles. The van der Waals surface area contributed by atoms with Crippen LogP contribution in [0.3, 0.4) is 0 Å². The summed E-state index contributed by atoms with van der Waals surface area (Å²) in [6.07, 6.45) is 1.17. The molecule has 3 atom stereocenters. The lowest BCUT2D eigenvalue weighted by Crippen LogP contribution is -2.34. The molecule has 3 rings (SSSR count). The summed E-state index contributed by atoms with van der Waals surface area (Å²) in [6.45, 7) is 5.99. The summed E-state index contributed by atoms with van der Waals surface area (Å²) in [4.78, 5) is 14.7. The highest BCUT2D eigenvalue weighted by molar-refractivity contribution is 7.91. The number of amides is 1. The van der Waals surface area contributed by atoms with E-state index in [2.05, 4.69) is 24.4 Å². The van der Waals surface area contributed by atoms with E-state index < -0.39 is 9.84 Å². The number of sulfone groups is 1. The number of fused-ring (bicyclic) bond motifs is 1. The molecule has 1 fully saturated rings.